The zero-order valence-corrected chi connectivity index (χ0v) is 27.2. The molecular formula is C23H50Br3N3O3. The zero-order valence-electron chi connectivity index (χ0n) is 22.4. The fraction of sp³-hybridized carbons (Fsp3) is 0.913. The van der Waals surface area contributed by atoms with Gasteiger partial charge in [0.2, 0.25) is 4.69 Å². The van der Waals surface area contributed by atoms with Crippen LogP contribution < -0.4 is 0 Å². The Labute approximate surface area is 224 Å². The number of alkyl halides is 2. The molecular weight excluding hydrogens is 606 g/mol. The maximum absolute atomic E-state index is 11.4. The van der Waals surface area contributed by atoms with Crippen LogP contribution in [-0.4, -0.2) is 106 Å². The van der Waals surface area contributed by atoms with Crippen LogP contribution in [0.2, 0.25) is 0 Å². The van der Waals surface area contributed by atoms with E-state index in [4.69, 9.17) is 5.11 Å². The Hall–Kier alpha value is 0.620. The van der Waals surface area contributed by atoms with Crippen molar-refractivity contribution >= 4 is 58.3 Å². The van der Waals surface area contributed by atoms with Gasteiger partial charge in [0.1, 0.15) is 5.78 Å². The third-order valence-corrected chi connectivity index (χ3v) is 6.35. The van der Waals surface area contributed by atoms with Gasteiger partial charge in [-0.15, -0.1) is 0 Å². The number of hydrogen-bond acceptors (Lipinski definition) is 6. The van der Waals surface area contributed by atoms with Crippen LogP contribution in [0.3, 0.4) is 0 Å². The number of rotatable bonds is 11. The summed E-state index contributed by atoms with van der Waals surface area (Å²) in [4.78, 5) is 28.1. The molecule has 0 aliphatic heterocycles. The summed E-state index contributed by atoms with van der Waals surface area (Å²) in [7, 11) is 7.89. The molecule has 9 heteroatoms. The van der Waals surface area contributed by atoms with Gasteiger partial charge in [0.15, 0.2) is 0 Å². The summed E-state index contributed by atoms with van der Waals surface area (Å²) in [6.45, 7) is 19.5. The monoisotopic (exact) mass is 653 g/mol. The van der Waals surface area contributed by atoms with Gasteiger partial charge in [-0.2, -0.15) is 0 Å². The van der Waals surface area contributed by atoms with Gasteiger partial charge < -0.3 is 19.8 Å². The number of aliphatic hydroxyl groups excluding tert-OH is 1. The molecule has 32 heavy (non-hydrogen) atoms. The Morgan fingerprint density at radius 3 is 1.25 bits per heavy atom. The van der Waals surface area contributed by atoms with Gasteiger partial charge in [0, 0.05) is 13.0 Å². The predicted octanol–water partition coefficient (Wildman–Crippen LogP) is 5.04. The lowest BCUT2D eigenvalue weighted by atomic mass is 10.0. The molecule has 0 aliphatic carbocycles. The summed E-state index contributed by atoms with van der Waals surface area (Å²) >= 11 is 9.30. The molecule has 0 rings (SSSR count). The Kier molecular flexibility index (Phi) is 29.1. The lowest BCUT2D eigenvalue weighted by Gasteiger charge is -2.15. The summed E-state index contributed by atoms with van der Waals surface area (Å²) in [6.07, 6.45) is 1.61. The molecule has 0 saturated heterocycles. The minimum Gasteiger partial charge on any atom is -0.395 e. The van der Waals surface area contributed by atoms with Crippen LogP contribution in [0.1, 0.15) is 61.3 Å². The molecule has 0 radical (unpaired) electrons. The fourth-order valence-corrected chi connectivity index (χ4v) is 1.92. The van der Waals surface area contributed by atoms with E-state index < -0.39 is 4.32 Å². The van der Waals surface area contributed by atoms with Gasteiger partial charge in [-0.05, 0) is 104 Å². The third-order valence-electron chi connectivity index (χ3n) is 4.03. The highest BCUT2D eigenvalue weighted by molar-refractivity contribution is 9.20. The number of carbonyl (C=O) groups excluding carboxylic acids is 2. The number of likely N-dealkylation sites (N-methyl/N-ethyl adjacent to an activating group) is 1. The predicted molar refractivity (Wildman–Crippen MR) is 152 cm³/mol. The second-order valence-electron chi connectivity index (χ2n) is 8.70. The zero-order chi connectivity index (χ0) is 26.5. The number of halogens is 3. The molecule has 0 spiro atoms. The van der Waals surface area contributed by atoms with Crippen molar-refractivity contribution in [2.24, 2.45) is 0 Å². The highest BCUT2D eigenvalue weighted by Gasteiger charge is 2.22. The third kappa shape index (κ3) is 35.2. The van der Waals surface area contributed by atoms with Crippen LogP contribution in [0.5, 0.6) is 0 Å². The normalized spacial score (nSPS) is 11.2. The van der Waals surface area contributed by atoms with Crippen LogP contribution >= 0.6 is 47.8 Å². The second kappa shape index (κ2) is 23.4. The number of hydrogen-bond donors (Lipinski definition) is 1. The Balaban J connectivity index is -0.000000171. The first-order valence-corrected chi connectivity index (χ1v) is 13.5. The average molecular weight is 656 g/mol. The van der Waals surface area contributed by atoms with Crippen LogP contribution in [0.25, 0.3) is 0 Å². The molecule has 1 N–H and O–H groups in total. The molecule has 0 unspecified atom stereocenters. The molecule has 0 heterocycles. The molecule has 0 fully saturated rings. The highest BCUT2D eigenvalue weighted by atomic mass is 79.9. The van der Waals surface area contributed by atoms with E-state index in [-0.39, 0.29) is 21.4 Å². The molecule has 196 valence electrons. The molecule has 0 aliphatic rings. The lowest BCUT2D eigenvalue weighted by Crippen LogP contribution is -2.25. The SMILES string of the molecule is CC(C)(Br)C(=O)Br.CCN(CC)CC.CN(C)CCCC(=O)C(C)(C)Br.CN(C)CCO. The quantitative estimate of drug-likeness (QED) is 0.249. The maximum atomic E-state index is 11.4. The van der Waals surface area contributed by atoms with Gasteiger partial charge in [-0.1, -0.05) is 52.6 Å². The first-order chi connectivity index (χ1) is 14.4. The van der Waals surface area contributed by atoms with Crippen molar-refractivity contribution in [1.82, 2.24) is 14.7 Å². The summed E-state index contributed by atoms with van der Waals surface area (Å²) in [6, 6.07) is 0. The minimum atomic E-state index is -0.410. The van der Waals surface area contributed by atoms with Crippen molar-refractivity contribution in [3.8, 4) is 0 Å². The van der Waals surface area contributed by atoms with Gasteiger partial charge in [-0.3, -0.25) is 9.59 Å². The standard InChI is InChI=1S/C9H18BrNO.C6H15N.C4H6Br2O.C4H11NO/c1-9(2,10)8(12)6-5-7-11(3)4;1-4-7(5-2)6-3;1-4(2,6)3(5)7;1-5(2)3-4-6/h5-7H2,1-4H3;4-6H2,1-3H3;1-2H3;6H,3-4H2,1-2H3. The molecule has 0 amide bonds. The Morgan fingerprint density at radius 2 is 1.12 bits per heavy atom. The molecule has 0 aromatic heterocycles. The van der Waals surface area contributed by atoms with Gasteiger partial charge in [0.25, 0.3) is 0 Å². The van der Waals surface area contributed by atoms with Crippen LogP contribution in [-0.2, 0) is 9.59 Å². The topological polar surface area (TPSA) is 64.1 Å². The largest absolute Gasteiger partial charge is 0.395 e. The van der Waals surface area contributed by atoms with Gasteiger partial charge >= 0.3 is 0 Å². The van der Waals surface area contributed by atoms with Crippen LogP contribution in [0, 0.1) is 0 Å². The van der Waals surface area contributed by atoms with Crippen molar-refractivity contribution in [3.63, 3.8) is 0 Å². The van der Waals surface area contributed by atoms with Crippen molar-refractivity contribution in [2.45, 2.75) is 70.0 Å². The first-order valence-electron chi connectivity index (χ1n) is 11.1. The Bertz CT molecular complexity index is 440. The van der Waals surface area contributed by atoms with Crippen molar-refractivity contribution in [1.29, 1.82) is 0 Å². The molecule has 0 aromatic rings. The minimum absolute atomic E-state index is 0.0278. The summed E-state index contributed by atoms with van der Waals surface area (Å²) in [5.74, 6) is 0.282. The number of carbonyl (C=O) groups is 2. The summed E-state index contributed by atoms with van der Waals surface area (Å²) < 4.78 is -0.785. The van der Waals surface area contributed by atoms with Gasteiger partial charge in [0.05, 0.1) is 15.3 Å². The lowest BCUT2D eigenvalue weighted by molar-refractivity contribution is -0.120. The molecule has 0 aromatic carbocycles. The van der Waals surface area contributed by atoms with E-state index in [1.54, 1.807) is 13.8 Å². The second-order valence-corrected chi connectivity index (χ2v) is 13.4. The fourth-order valence-electron chi connectivity index (χ4n) is 1.72. The first kappa shape index (κ1) is 39.8. The van der Waals surface area contributed by atoms with Crippen molar-refractivity contribution in [3.05, 3.63) is 0 Å². The smallest absolute Gasteiger partial charge is 0.213 e. The summed E-state index contributed by atoms with van der Waals surface area (Å²) in [5.41, 5.74) is 0. The van der Waals surface area contributed by atoms with Crippen molar-refractivity contribution in [2.75, 3.05) is 67.5 Å². The summed E-state index contributed by atoms with van der Waals surface area (Å²) in [5, 5.41) is 8.20. The van der Waals surface area contributed by atoms with E-state index in [0.29, 0.717) is 6.42 Å². The average Bonchev–Trinajstić information content (AvgIpc) is 2.62. The van der Waals surface area contributed by atoms with Crippen LogP contribution in [0.15, 0.2) is 0 Å². The molecule has 0 atom stereocenters. The van der Waals surface area contributed by atoms with E-state index >= 15 is 0 Å². The van der Waals surface area contributed by atoms with E-state index in [0.717, 1.165) is 19.5 Å². The number of nitrogens with zero attached hydrogens (tertiary/aromatic N) is 3. The number of aliphatic hydroxyl groups is 1. The van der Waals surface area contributed by atoms with E-state index in [2.05, 4.69) is 78.4 Å². The van der Waals surface area contributed by atoms with E-state index in [1.807, 2.05) is 46.9 Å². The van der Waals surface area contributed by atoms with E-state index in [9.17, 15) is 9.59 Å². The maximum Gasteiger partial charge on any atom is 0.213 e. The van der Waals surface area contributed by atoms with Crippen molar-refractivity contribution < 1.29 is 14.7 Å². The van der Waals surface area contributed by atoms with Crippen LogP contribution in [0.4, 0.5) is 0 Å². The number of Topliss-reactive ketones (excluding diaryl/α,β-unsaturated/α-hetero) is 1. The van der Waals surface area contributed by atoms with Gasteiger partial charge in [-0.25, -0.2) is 0 Å². The van der Waals surface area contributed by atoms with E-state index in [1.165, 1.54) is 19.6 Å². The highest BCUT2D eigenvalue weighted by Crippen LogP contribution is 2.20. The number of ketones is 1. The molecule has 6 nitrogen and oxygen atoms in total. The Morgan fingerprint density at radius 1 is 0.781 bits per heavy atom. The molecule has 0 saturated carbocycles. The molecule has 0 bridgehead atoms.